The number of hydrogen-bond acceptors (Lipinski definition) is 12. The summed E-state index contributed by atoms with van der Waals surface area (Å²) in [4.78, 5) is 66.1. The standard InChI is InChI=1S/C26H23N5.C26H22N5.2C24H17N5.4HI/c1-30-13-11-27-21(17-30)7-3-19-5-9-25-23(15-19)24-16-20(6-10-26(24)29-25)4-8-22-18-31(2)14-12-28-22;1-30-11-7-19(8-12-30)17-27-21-3-5-25-23(15-21)24-16-22(4-6-26(24)29-25)28-18-20-9-13-31(2)14-10-20;1(5-19-15-25-9-11-27-19)17-3-7-23-21(13-17)22-14-18(4-8-24(22)29-23)2-6-20-16-26-10-12-28-20;1-3-23-21(13-19(1)27-15-17-5-9-25-10-6-17)22-14-20(2-4-24(22)29-23)28-16-18-7-11-26-12-8-18;;;;/h3-18,29H,1-2H3;3-18H,1-2H3;2*1-16,29H;4*1H/q+2;+1;;;;;;/p-3/b7-3+,8-4+;;5-1+,6-2+;;;;;. The van der Waals surface area contributed by atoms with E-state index in [9.17, 15) is 0 Å². The fraction of sp³-hybridized carbons (Fsp3) is 0.0400. The molecule has 608 valence electrons. The van der Waals surface area contributed by atoms with Crippen LogP contribution < -0.4 is 114 Å². The van der Waals surface area contributed by atoms with E-state index in [0.29, 0.717) is 0 Å². The van der Waals surface area contributed by atoms with Crippen LogP contribution >= 0.6 is 0 Å². The number of aliphatic imine (C=N–C) groups is 4. The third kappa shape index (κ3) is 22.8. The Hall–Kier alpha value is -13.6. The lowest BCUT2D eigenvalue weighted by Crippen LogP contribution is -3.00. The van der Waals surface area contributed by atoms with Crippen molar-refractivity contribution in [1.82, 2.24) is 59.8 Å². The molecule has 8 aromatic carbocycles. The van der Waals surface area contributed by atoms with Gasteiger partial charge in [0.1, 0.15) is 39.6 Å². The van der Waals surface area contributed by atoms with Crippen LogP contribution in [0, 0.1) is 0 Å². The quantitative estimate of drug-likeness (QED) is 0.0430. The van der Waals surface area contributed by atoms with Gasteiger partial charge >= 0.3 is 0 Å². The highest BCUT2D eigenvalue weighted by atomic mass is 127. The van der Waals surface area contributed by atoms with E-state index >= 15 is 0 Å². The molecule has 12 aromatic heterocycles. The van der Waals surface area contributed by atoms with Crippen LogP contribution in [0.3, 0.4) is 0 Å². The van der Waals surface area contributed by atoms with Crippen LogP contribution in [0.4, 0.5) is 22.7 Å². The number of fused-ring (bicyclic) bond motifs is 12. The molecule has 0 aliphatic carbocycles. The second-order valence-corrected chi connectivity index (χ2v) is 28.7. The Labute approximate surface area is 783 Å². The van der Waals surface area contributed by atoms with E-state index in [-0.39, 0.29) is 95.9 Å². The molecule has 124 heavy (non-hydrogen) atoms. The Bertz CT molecular complexity index is 6690. The highest BCUT2D eigenvalue weighted by Crippen LogP contribution is 2.35. The summed E-state index contributed by atoms with van der Waals surface area (Å²) in [5.41, 5.74) is 24.7. The smallest absolute Gasteiger partial charge is 0.194 e. The number of benzene rings is 8. The van der Waals surface area contributed by atoms with E-state index in [1.165, 1.54) is 21.5 Å². The molecule has 0 spiro atoms. The maximum atomic E-state index is 4.67. The molecule has 0 atom stereocenters. The number of hydrogen-bond donors (Lipinski definition) is 4. The van der Waals surface area contributed by atoms with E-state index in [1.54, 1.807) is 62.0 Å². The largest absolute Gasteiger partial charge is 1.00 e. The van der Waals surface area contributed by atoms with Crippen LogP contribution in [0.25, 0.3) is 136 Å². The summed E-state index contributed by atoms with van der Waals surface area (Å²) in [6.45, 7) is 0. The third-order valence-electron chi connectivity index (χ3n) is 20.0. The van der Waals surface area contributed by atoms with Gasteiger partial charge in [0, 0.05) is 197 Å². The minimum atomic E-state index is 0. The summed E-state index contributed by atoms with van der Waals surface area (Å²) in [5, 5.41) is 9.36. The Kier molecular flexibility index (Phi) is 30.1. The first-order valence-electron chi connectivity index (χ1n) is 38.9. The molecule has 0 saturated carbocycles. The first-order chi connectivity index (χ1) is 59.0. The molecule has 0 unspecified atom stereocenters. The first-order valence-corrected chi connectivity index (χ1v) is 38.9. The van der Waals surface area contributed by atoms with Gasteiger partial charge in [0.25, 0.3) is 0 Å². The van der Waals surface area contributed by atoms with E-state index in [4.69, 9.17) is 0 Å². The van der Waals surface area contributed by atoms with Gasteiger partial charge in [0.15, 0.2) is 49.6 Å². The molecule has 20 rings (SSSR count). The van der Waals surface area contributed by atoms with E-state index < -0.39 is 0 Å². The molecule has 4 N–H and O–H groups in total. The van der Waals surface area contributed by atoms with Crippen molar-refractivity contribution in [1.29, 1.82) is 0 Å². The number of nitrogens with zero attached hydrogens (tertiary/aromatic N) is 16. The van der Waals surface area contributed by atoms with Crippen molar-refractivity contribution < 1.29 is 114 Å². The van der Waals surface area contributed by atoms with Crippen LogP contribution in [-0.4, -0.2) is 84.7 Å². The van der Waals surface area contributed by atoms with Crippen LogP contribution in [0.15, 0.2) is 338 Å². The minimum absolute atomic E-state index is 0. The maximum absolute atomic E-state index is 4.67. The zero-order valence-corrected chi connectivity index (χ0v) is 76.2. The number of halogens is 4. The van der Waals surface area contributed by atoms with E-state index in [1.807, 2.05) is 230 Å². The number of pyridine rings is 4. The first kappa shape index (κ1) is 88.2. The number of H-pyrrole nitrogens is 4. The van der Waals surface area contributed by atoms with Gasteiger partial charge in [-0.05, 0) is 203 Å². The summed E-state index contributed by atoms with van der Waals surface area (Å²) in [7, 11) is 8.00. The van der Waals surface area contributed by atoms with Crippen LogP contribution in [-0.2, 0) is 28.2 Å². The Morgan fingerprint density at radius 2 is 0.484 bits per heavy atom. The molecular formula is C100H80I4N20. The van der Waals surface area contributed by atoms with Gasteiger partial charge in [-0.1, -0.05) is 48.6 Å². The van der Waals surface area contributed by atoms with E-state index in [0.717, 1.165) is 156 Å². The molecule has 0 bridgehead atoms. The number of nitrogens with one attached hydrogen (secondary N) is 4. The average Bonchev–Trinajstić information content (AvgIpc) is 1.65. The summed E-state index contributed by atoms with van der Waals surface area (Å²) >= 11 is 0. The van der Waals surface area contributed by atoms with Gasteiger partial charge in [0.2, 0.25) is 0 Å². The summed E-state index contributed by atoms with van der Waals surface area (Å²) in [6.07, 6.45) is 60.6. The van der Waals surface area contributed by atoms with Crippen molar-refractivity contribution in [3.8, 4) is 0 Å². The van der Waals surface area contributed by atoms with Crippen molar-refractivity contribution >= 4 is 183 Å². The lowest BCUT2D eigenvalue weighted by molar-refractivity contribution is -0.672. The molecule has 0 radical (unpaired) electrons. The van der Waals surface area contributed by atoms with Crippen molar-refractivity contribution in [3.63, 3.8) is 0 Å². The lowest BCUT2D eigenvalue weighted by atomic mass is 10.1. The monoisotopic (exact) mass is 2070 g/mol. The molecular weight excluding hydrogens is 1990 g/mol. The highest BCUT2D eigenvalue weighted by Gasteiger charge is 2.12. The predicted octanol–water partition coefficient (Wildman–Crippen LogP) is 7.44. The summed E-state index contributed by atoms with van der Waals surface area (Å²) in [5.74, 6) is 0. The van der Waals surface area contributed by atoms with Crippen LogP contribution in [0.5, 0.6) is 0 Å². The number of rotatable bonds is 16. The number of aryl methyl sites for hydroxylation is 4. The Morgan fingerprint density at radius 1 is 0.226 bits per heavy atom. The van der Waals surface area contributed by atoms with Gasteiger partial charge in [-0.3, -0.25) is 49.9 Å². The van der Waals surface area contributed by atoms with Gasteiger partial charge in [-0.25, -0.2) is 28.2 Å². The van der Waals surface area contributed by atoms with Gasteiger partial charge in [-0.2, -0.15) is 0 Å². The fourth-order valence-electron chi connectivity index (χ4n) is 13.8. The topological polar surface area (TPSA) is 231 Å². The second kappa shape index (κ2) is 42.3. The molecule has 20 nitrogen and oxygen atoms in total. The van der Waals surface area contributed by atoms with Gasteiger partial charge in [0.05, 0.1) is 58.9 Å². The Morgan fingerprint density at radius 3 is 0.758 bits per heavy atom. The van der Waals surface area contributed by atoms with Crippen molar-refractivity contribution in [3.05, 3.63) is 385 Å². The van der Waals surface area contributed by atoms with Crippen molar-refractivity contribution in [2.75, 3.05) is 0 Å². The molecule has 0 aliphatic rings. The fourth-order valence-corrected chi connectivity index (χ4v) is 13.8. The SMILES string of the molecule is C(=C\c1cnccn1)/c1ccc2[nH]c3ccc(/C=C/c4cnccn4)cc3c2c1.C(=Nc1ccc2[nH]c3ccc(N=Cc4ccncc4)cc3c2c1)c1ccncc1.C[n+]1ccc(C=Nc2ccc3[nH]c4ccc(N=Cc5cc[n+](C)cc5)cc4c3c2)cc1.C[n+]1ccnc(/C=C/c2ccc3[nH]c4ccc(/C=C/c5c[n+](C)ccn5)cc4c3c2)c1.[I-].[I-].[I-].[I-]. The average molecular weight is 2070 g/mol. The van der Waals surface area contributed by atoms with Crippen LogP contribution in [0.1, 0.15) is 67.3 Å². The van der Waals surface area contributed by atoms with Crippen LogP contribution in [0.2, 0.25) is 0 Å². The van der Waals surface area contributed by atoms with Crippen molar-refractivity contribution in [2.45, 2.75) is 0 Å². The molecule has 20 aromatic rings. The minimum Gasteiger partial charge on any atom is -1.00 e. The summed E-state index contributed by atoms with van der Waals surface area (Å²) in [6, 6.07) is 66.5. The molecule has 0 saturated heterocycles. The normalized spacial score (nSPS) is 11.5. The number of aromatic amines is 4. The predicted molar refractivity (Wildman–Crippen MR) is 487 cm³/mol. The molecule has 12 heterocycles. The zero-order chi connectivity index (χ0) is 81.4. The third-order valence-corrected chi connectivity index (χ3v) is 20.0. The zero-order valence-electron chi connectivity index (χ0n) is 67.6. The summed E-state index contributed by atoms with van der Waals surface area (Å²) < 4.78 is 8.01. The van der Waals surface area contributed by atoms with Gasteiger partial charge < -0.3 is 116 Å². The maximum Gasteiger partial charge on any atom is 0.194 e. The van der Waals surface area contributed by atoms with Crippen molar-refractivity contribution in [2.24, 2.45) is 48.2 Å². The molecule has 0 amide bonds. The Balaban J connectivity index is 0.000000141. The van der Waals surface area contributed by atoms with Gasteiger partial charge in [-0.15, -0.1) is 0 Å². The molecule has 0 aliphatic heterocycles. The number of aromatic nitrogens is 16. The molecule has 0 fully saturated rings. The highest BCUT2D eigenvalue weighted by molar-refractivity contribution is 6.12. The molecule has 24 heteroatoms. The van der Waals surface area contributed by atoms with E-state index in [2.05, 4.69) is 225 Å². The second-order valence-electron chi connectivity index (χ2n) is 28.7. The lowest BCUT2D eigenvalue weighted by Gasteiger charge is -1.98.